The summed E-state index contributed by atoms with van der Waals surface area (Å²) in [6, 6.07) is 1.87. The lowest BCUT2D eigenvalue weighted by molar-refractivity contribution is -0.119. The Labute approximate surface area is 102 Å². The summed E-state index contributed by atoms with van der Waals surface area (Å²) >= 11 is 0. The average molecular weight is 236 g/mol. The number of aromatic nitrogens is 1. The van der Waals surface area contributed by atoms with Gasteiger partial charge in [0.2, 0.25) is 5.91 Å². The highest BCUT2D eigenvalue weighted by molar-refractivity contribution is 5.82. The minimum absolute atomic E-state index is 0.0415. The predicted molar refractivity (Wildman–Crippen MR) is 70.0 cm³/mol. The number of pyridine rings is 1. The number of rotatable bonds is 5. The number of hydrogen-bond donors (Lipinski definition) is 2. The van der Waals surface area contributed by atoms with E-state index >= 15 is 0 Å². The first kappa shape index (κ1) is 13.3. The second-order valence-corrected chi connectivity index (χ2v) is 4.02. The van der Waals surface area contributed by atoms with Crippen molar-refractivity contribution in [1.82, 2.24) is 10.3 Å². The summed E-state index contributed by atoms with van der Waals surface area (Å²) in [4.78, 5) is 17.6. The van der Waals surface area contributed by atoms with Crippen molar-refractivity contribution in [1.29, 1.82) is 0 Å². The van der Waals surface area contributed by atoms with Crippen LogP contribution in [-0.4, -0.2) is 31.0 Å². The highest BCUT2D eigenvalue weighted by atomic mass is 16.1. The van der Waals surface area contributed by atoms with Crippen molar-refractivity contribution in [3.05, 3.63) is 17.8 Å². The fourth-order valence-electron chi connectivity index (χ4n) is 1.63. The Hall–Kier alpha value is -1.78. The van der Waals surface area contributed by atoms with E-state index in [1.807, 2.05) is 17.9 Å². The van der Waals surface area contributed by atoms with Crippen LogP contribution in [0.5, 0.6) is 0 Å². The fraction of sp³-hybridized carbons (Fsp3) is 0.500. The van der Waals surface area contributed by atoms with Crippen molar-refractivity contribution in [2.24, 2.45) is 0 Å². The number of carbonyl (C=O) groups is 1. The van der Waals surface area contributed by atoms with Gasteiger partial charge in [-0.05, 0) is 25.0 Å². The standard InChI is InChI=1S/C12H20N4O/c1-4-5-16(8-11(17)14-3)12-10(13)6-9(2)7-15-12/h6-7H,4-5,8,13H2,1-3H3,(H,14,17). The van der Waals surface area contributed by atoms with E-state index in [4.69, 9.17) is 5.73 Å². The molecule has 1 heterocycles. The van der Waals surface area contributed by atoms with E-state index in [9.17, 15) is 4.79 Å². The number of likely N-dealkylation sites (N-methyl/N-ethyl adjacent to an activating group) is 1. The number of amides is 1. The maximum absolute atomic E-state index is 11.4. The number of anilines is 2. The fourth-order valence-corrected chi connectivity index (χ4v) is 1.63. The average Bonchev–Trinajstić information content (AvgIpc) is 2.28. The summed E-state index contributed by atoms with van der Waals surface area (Å²) in [5, 5.41) is 2.61. The van der Waals surface area contributed by atoms with Crippen LogP contribution in [0.25, 0.3) is 0 Å². The molecular formula is C12H20N4O. The highest BCUT2D eigenvalue weighted by Crippen LogP contribution is 2.20. The molecule has 5 nitrogen and oxygen atoms in total. The molecule has 0 atom stereocenters. The molecular weight excluding hydrogens is 216 g/mol. The second kappa shape index (κ2) is 6.08. The lowest BCUT2D eigenvalue weighted by atomic mass is 10.2. The van der Waals surface area contributed by atoms with Crippen molar-refractivity contribution < 1.29 is 4.79 Å². The maximum atomic E-state index is 11.4. The van der Waals surface area contributed by atoms with Gasteiger partial charge in [0.15, 0.2) is 5.82 Å². The first-order valence-corrected chi connectivity index (χ1v) is 5.76. The summed E-state index contributed by atoms with van der Waals surface area (Å²) in [5.41, 5.74) is 7.56. The number of carbonyl (C=O) groups excluding carboxylic acids is 1. The Morgan fingerprint density at radius 3 is 2.82 bits per heavy atom. The number of nitrogens with two attached hydrogens (primary N) is 1. The first-order chi connectivity index (χ1) is 8.08. The molecule has 0 aromatic carbocycles. The molecule has 0 aliphatic rings. The molecule has 0 saturated carbocycles. The van der Waals surface area contributed by atoms with Gasteiger partial charge in [0.1, 0.15) is 0 Å². The lowest BCUT2D eigenvalue weighted by Gasteiger charge is -2.23. The number of hydrogen-bond acceptors (Lipinski definition) is 4. The number of nitrogen functional groups attached to an aromatic ring is 1. The molecule has 17 heavy (non-hydrogen) atoms. The van der Waals surface area contributed by atoms with Gasteiger partial charge in [-0.15, -0.1) is 0 Å². The SMILES string of the molecule is CCCN(CC(=O)NC)c1ncc(C)cc1N. The third kappa shape index (κ3) is 3.62. The van der Waals surface area contributed by atoms with Gasteiger partial charge in [-0.2, -0.15) is 0 Å². The Bertz CT molecular complexity index is 392. The summed E-state index contributed by atoms with van der Waals surface area (Å²) < 4.78 is 0. The van der Waals surface area contributed by atoms with Gasteiger partial charge in [-0.25, -0.2) is 4.98 Å². The first-order valence-electron chi connectivity index (χ1n) is 5.76. The molecule has 1 aromatic rings. The number of nitrogens with one attached hydrogen (secondary N) is 1. The molecule has 0 aliphatic carbocycles. The van der Waals surface area contributed by atoms with Gasteiger partial charge in [-0.3, -0.25) is 4.79 Å². The van der Waals surface area contributed by atoms with Crippen molar-refractivity contribution in [3.8, 4) is 0 Å². The van der Waals surface area contributed by atoms with E-state index in [-0.39, 0.29) is 12.5 Å². The Balaban J connectivity index is 2.92. The molecule has 0 bridgehead atoms. The van der Waals surface area contributed by atoms with Gasteiger partial charge in [0.05, 0.1) is 12.2 Å². The van der Waals surface area contributed by atoms with E-state index in [1.54, 1.807) is 13.2 Å². The Morgan fingerprint density at radius 2 is 2.29 bits per heavy atom. The highest BCUT2D eigenvalue weighted by Gasteiger charge is 2.13. The third-order valence-corrected chi connectivity index (χ3v) is 2.44. The normalized spacial score (nSPS) is 10.1. The van der Waals surface area contributed by atoms with Crippen LogP contribution in [0.3, 0.4) is 0 Å². The third-order valence-electron chi connectivity index (χ3n) is 2.44. The van der Waals surface area contributed by atoms with Crippen LogP contribution in [0.15, 0.2) is 12.3 Å². The summed E-state index contributed by atoms with van der Waals surface area (Å²) in [6.07, 6.45) is 2.70. The molecule has 0 spiro atoms. The Kier molecular flexibility index (Phi) is 4.75. The Morgan fingerprint density at radius 1 is 1.59 bits per heavy atom. The van der Waals surface area contributed by atoms with E-state index < -0.39 is 0 Å². The van der Waals surface area contributed by atoms with E-state index in [0.717, 1.165) is 18.5 Å². The van der Waals surface area contributed by atoms with E-state index in [1.165, 1.54) is 0 Å². The molecule has 0 saturated heterocycles. The summed E-state index contributed by atoms with van der Waals surface area (Å²) in [7, 11) is 1.62. The number of nitrogens with zero attached hydrogens (tertiary/aromatic N) is 2. The molecule has 5 heteroatoms. The smallest absolute Gasteiger partial charge is 0.239 e. The van der Waals surface area contributed by atoms with E-state index in [0.29, 0.717) is 11.5 Å². The molecule has 1 aromatic heterocycles. The summed E-state index contributed by atoms with van der Waals surface area (Å²) in [5.74, 6) is 0.640. The molecule has 1 amide bonds. The second-order valence-electron chi connectivity index (χ2n) is 4.02. The van der Waals surface area contributed by atoms with Crippen LogP contribution < -0.4 is 16.0 Å². The van der Waals surface area contributed by atoms with E-state index in [2.05, 4.69) is 17.2 Å². The molecule has 0 radical (unpaired) electrons. The van der Waals surface area contributed by atoms with Gasteiger partial charge in [-0.1, -0.05) is 6.92 Å². The zero-order valence-electron chi connectivity index (χ0n) is 10.7. The molecule has 3 N–H and O–H groups in total. The predicted octanol–water partition coefficient (Wildman–Crippen LogP) is 0.935. The minimum atomic E-state index is -0.0415. The van der Waals surface area contributed by atoms with Gasteiger partial charge < -0.3 is 16.0 Å². The van der Waals surface area contributed by atoms with Gasteiger partial charge in [0.25, 0.3) is 0 Å². The minimum Gasteiger partial charge on any atom is -0.396 e. The van der Waals surface area contributed by atoms with Gasteiger partial charge in [0, 0.05) is 19.8 Å². The zero-order valence-corrected chi connectivity index (χ0v) is 10.7. The van der Waals surface area contributed by atoms with Crippen LogP contribution >= 0.6 is 0 Å². The molecule has 0 unspecified atom stereocenters. The largest absolute Gasteiger partial charge is 0.396 e. The monoisotopic (exact) mass is 236 g/mol. The van der Waals surface area contributed by atoms with Crippen LogP contribution in [0.4, 0.5) is 11.5 Å². The van der Waals surface area contributed by atoms with Gasteiger partial charge >= 0.3 is 0 Å². The number of aryl methyl sites for hydroxylation is 1. The van der Waals surface area contributed by atoms with Crippen LogP contribution in [-0.2, 0) is 4.79 Å². The molecule has 0 aliphatic heterocycles. The van der Waals surface area contributed by atoms with Crippen molar-refractivity contribution in [2.45, 2.75) is 20.3 Å². The summed E-state index contributed by atoms with van der Waals surface area (Å²) in [6.45, 7) is 5.04. The van der Waals surface area contributed by atoms with Crippen LogP contribution in [0, 0.1) is 6.92 Å². The molecule has 0 fully saturated rings. The zero-order chi connectivity index (χ0) is 12.8. The van der Waals surface area contributed by atoms with Crippen molar-refractivity contribution in [2.75, 3.05) is 30.8 Å². The lowest BCUT2D eigenvalue weighted by Crippen LogP contribution is -2.37. The maximum Gasteiger partial charge on any atom is 0.239 e. The quantitative estimate of drug-likeness (QED) is 0.798. The van der Waals surface area contributed by atoms with Crippen molar-refractivity contribution in [3.63, 3.8) is 0 Å². The molecule has 94 valence electrons. The van der Waals surface area contributed by atoms with Crippen LogP contribution in [0.2, 0.25) is 0 Å². The van der Waals surface area contributed by atoms with Crippen molar-refractivity contribution >= 4 is 17.4 Å². The van der Waals surface area contributed by atoms with Crippen LogP contribution in [0.1, 0.15) is 18.9 Å². The molecule has 1 rings (SSSR count). The topological polar surface area (TPSA) is 71.2 Å².